The van der Waals surface area contributed by atoms with Crippen molar-refractivity contribution in [3.05, 3.63) is 41.5 Å². The van der Waals surface area contributed by atoms with Gasteiger partial charge in [-0.05, 0) is 49.9 Å². The molecule has 6 heteroatoms. The molecule has 0 spiro atoms. The highest BCUT2D eigenvalue weighted by Crippen LogP contribution is 2.56. The number of hydrogen-bond donors (Lipinski definition) is 1. The van der Waals surface area contributed by atoms with Gasteiger partial charge in [0.05, 0.1) is 12.0 Å². The van der Waals surface area contributed by atoms with Crippen molar-refractivity contribution in [1.82, 2.24) is 4.90 Å². The van der Waals surface area contributed by atoms with Gasteiger partial charge in [-0.15, -0.1) is 0 Å². The molecule has 6 nitrogen and oxygen atoms in total. The number of hydrogen-bond acceptors (Lipinski definition) is 6. The van der Waals surface area contributed by atoms with E-state index in [1.165, 1.54) is 5.57 Å². The van der Waals surface area contributed by atoms with Gasteiger partial charge < -0.3 is 14.7 Å². The van der Waals surface area contributed by atoms with Crippen LogP contribution in [-0.2, 0) is 9.53 Å². The molecule has 0 aromatic heterocycles. The Morgan fingerprint density at radius 2 is 1.88 bits per heavy atom. The quantitative estimate of drug-likeness (QED) is 0.430. The van der Waals surface area contributed by atoms with Gasteiger partial charge in [-0.1, -0.05) is 25.5 Å². The van der Waals surface area contributed by atoms with E-state index >= 15 is 0 Å². The smallest absolute Gasteiger partial charge is 0.311 e. The number of piperazine rings is 1. The van der Waals surface area contributed by atoms with E-state index in [1.807, 2.05) is 24.3 Å². The third kappa shape index (κ3) is 3.81. The summed E-state index contributed by atoms with van der Waals surface area (Å²) in [7, 11) is 0. The van der Waals surface area contributed by atoms with E-state index in [0.717, 1.165) is 56.7 Å². The van der Waals surface area contributed by atoms with E-state index in [-0.39, 0.29) is 35.1 Å². The number of aliphatic hydroxyl groups excluding tert-OH is 1. The van der Waals surface area contributed by atoms with E-state index in [9.17, 15) is 14.7 Å². The number of carbonyl (C=O) groups excluding carboxylic acids is 2. The average Bonchev–Trinajstić information content (AvgIpc) is 3.11. The fourth-order valence-electron chi connectivity index (χ4n) is 6.65. The second-order valence-electron chi connectivity index (χ2n) is 10.7. The number of allylic oxidation sites excluding steroid dienone is 1. The molecule has 1 aromatic rings. The lowest BCUT2D eigenvalue weighted by Crippen LogP contribution is -2.55. The van der Waals surface area contributed by atoms with Gasteiger partial charge in [0.2, 0.25) is 0 Å². The second kappa shape index (κ2) is 8.55. The standard InChI is InChI=1S/C27H36N2O4/c1-17-5-4-6-20-15-23-24(25(31)27(17,20)3)22(26(32)33-23)16-28-11-13-29(14-12-28)21-9-7-19(8-10-21)18(2)30/h6-10,17,22-25,31H,4-5,11-16H2,1-3H3/t17-,22-,23+,24+,25+,27+/m0/s1. The van der Waals surface area contributed by atoms with Crippen molar-refractivity contribution >= 4 is 17.4 Å². The number of aliphatic hydroxyl groups is 1. The number of anilines is 1. The summed E-state index contributed by atoms with van der Waals surface area (Å²) in [5, 5.41) is 11.6. The molecule has 2 saturated heterocycles. The highest BCUT2D eigenvalue weighted by Gasteiger charge is 2.59. The van der Waals surface area contributed by atoms with Crippen LogP contribution in [-0.4, -0.2) is 66.7 Å². The molecule has 2 heterocycles. The summed E-state index contributed by atoms with van der Waals surface area (Å²) >= 11 is 0. The van der Waals surface area contributed by atoms with E-state index in [0.29, 0.717) is 12.5 Å². The molecule has 0 bridgehead atoms. The highest BCUT2D eigenvalue weighted by molar-refractivity contribution is 5.94. The van der Waals surface area contributed by atoms with Gasteiger partial charge in [-0.3, -0.25) is 14.5 Å². The third-order valence-corrected chi connectivity index (χ3v) is 9.04. The number of ether oxygens (including phenoxy) is 1. The van der Waals surface area contributed by atoms with Crippen LogP contribution in [0.15, 0.2) is 35.9 Å². The van der Waals surface area contributed by atoms with Crippen LogP contribution in [0.1, 0.15) is 50.4 Å². The zero-order valence-electron chi connectivity index (χ0n) is 20.0. The maximum absolute atomic E-state index is 12.9. The van der Waals surface area contributed by atoms with Crippen LogP contribution in [0.3, 0.4) is 0 Å². The van der Waals surface area contributed by atoms with Crippen molar-refractivity contribution in [2.24, 2.45) is 23.2 Å². The number of Topliss-reactive ketones (excluding diaryl/α,β-unsaturated/α-hetero) is 1. The topological polar surface area (TPSA) is 70.1 Å². The van der Waals surface area contributed by atoms with Gasteiger partial charge in [0.15, 0.2) is 5.78 Å². The SMILES string of the molecule is CC(=O)c1ccc(N2CCN(C[C@@H]3C(=O)O[C@@H]4CC5=CCC[C@H](C)[C@@]5(C)[C@H](O)[C@H]34)CC2)cc1. The zero-order chi connectivity index (χ0) is 23.3. The van der Waals surface area contributed by atoms with Crippen molar-refractivity contribution in [3.8, 4) is 0 Å². The van der Waals surface area contributed by atoms with Crippen molar-refractivity contribution in [3.63, 3.8) is 0 Å². The largest absolute Gasteiger partial charge is 0.461 e. The van der Waals surface area contributed by atoms with Crippen molar-refractivity contribution in [2.75, 3.05) is 37.6 Å². The summed E-state index contributed by atoms with van der Waals surface area (Å²) < 4.78 is 5.84. The summed E-state index contributed by atoms with van der Waals surface area (Å²) in [6.07, 6.45) is 4.45. The maximum atomic E-state index is 12.9. The highest BCUT2D eigenvalue weighted by atomic mass is 16.6. The van der Waals surface area contributed by atoms with Crippen molar-refractivity contribution in [1.29, 1.82) is 0 Å². The number of rotatable bonds is 4. The average molecular weight is 453 g/mol. The number of benzene rings is 1. The Morgan fingerprint density at radius 1 is 1.18 bits per heavy atom. The Hall–Kier alpha value is -2.18. The number of ketones is 1. The fraction of sp³-hybridized carbons (Fsp3) is 0.630. The number of fused-ring (bicyclic) bond motifs is 2. The van der Waals surface area contributed by atoms with Crippen molar-refractivity contribution < 1.29 is 19.4 Å². The van der Waals surface area contributed by atoms with Gasteiger partial charge in [0, 0.05) is 61.7 Å². The van der Waals surface area contributed by atoms with Crippen LogP contribution in [0.5, 0.6) is 0 Å². The van der Waals surface area contributed by atoms with E-state index in [4.69, 9.17) is 4.74 Å². The molecular formula is C27H36N2O4. The van der Waals surface area contributed by atoms with Gasteiger partial charge >= 0.3 is 5.97 Å². The Labute approximate surface area is 196 Å². The lowest BCUT2D eigenvalue weighted by Gasteiger charge is -2.52. The minimum atomic E-state index is -0.546. The molecule has 1 aromatic carbocycles. The lowest BCUT2D eigenvalue weighted by molar-refractivity contribution is -0.145. The molecule has 0 amide bonds. The van der Waals surface area contributed by atoms with Gasteiger partial charge in [-0.25, -0.2) is 0 Å². The normalized spacial score (nSPS) is 36.6. The first-order valence-corrected chi connectivity index (χ1v) is 12.5. The van der Waals surface area contributed by atoms with E-state index in [2.05, 4.69) is 29.7 Å². The van der Waals surface area contributed by atoms with Gasteiger partial charge in [-0.2, -0.15) is 0 Å². The minimum absolute atomic E-state index is 0.0807. The molecule has 1 saturated carbocycles. The van der Waals surface area contributed by atoms with Crippen LogP contribution < -0.4 is 4.90 Å². The van der Waals surface area contributed by atoms with Crippen LogP contribution in [0.4, 0.5) is 5.69 Å². The van der Waals surface area contributed by atoms with Crippen molar-refractivity contribution in [2.45, 2.75) is 52.2 Å². The zero-order valence-corrected chi connectivity index (χ0v) is 20.0. The summed E-state index contributed by atoms with van der Waals surface area (Å²) in [6.45, 7) is 10.2. The van der Waals surface area contributed by atoms with Crippen LogP contribution in [0.2, 0.25) is 0 Å². The lowest BCUT2D eigenvalue weighted by atomic mass is 9.55. The first-order chi connectivity index (χ1) is 15.8. The van der Waals surface area contributed by atoms with Gasteiger partial charge in [0.1, 0.15) is 6.10 Å². The Morgan fingerprint density at radius 3 is 2.55 bits per heavy atom. The number of esters is 1. The second-order valence-corrected chi connectivity index (χ2v) is 10.7. The van der Waals surface area contributed by atoms with Crippen LogP contribution >= 0.6 is 0 Å². The van der Waals surface area contributed by atoms with Crippen LogP contribution in [0.25, 0.3) is 0 Å². The Kier molecular flexibility index (Phi) is 5.86. The molecule has 6 atom stereocenters. The van der Waals surface area contributed by atoms with Gasteiger partial charge in [0.25, 0.3) is 0 Å². The monoisotopic (exact) mass is 452 g/mol. The first-order valence-electron chi connectivity index (χ1n) is 12.5. The maximum Gasteiger partial charge on any atom is 0.311 e. The molecule has 1 N–H and O–H groups in total. The molecule has 2 aliphatic heterocycles. The number of nitrogens with zero attached hydrogens (tertiary/aromatic N) is 2. The summed E-state index contributed by atoms with van der Waals surface area (Å²) in [5.41, 5.74) is 2.89. The Balaban J connectivity index is 1.25. The first kappa shape index (κ1) is 22.6. The predicted octanol–water partition coefficient (Wildman–Crippen LogP) is 3.30. The molecule has 2 aliphatic carbocycles. The molecule has 3 fully saturated rings. The fourth-order valence-corrected chi connectivity index (χ4v) is 6.65. The molecule has 5 rings (SSSR count). The summed E-state index contributed by atoms with van der Waals surface area (Å²) in [6, 6.07) is 7.80. The van der Waals surface area contributed by atoms with Crippen LogP contribution in [0, 0.1) is 23.2 Å². The summed E-state index contributed by atoms with van der Waals surface area (Å²) in [5.74, 6) is -0.0436. The third-order valence-electron chi connectivity index (χ3n) is 9.04. The molecule has 178 valence electrons. The van der Waals surface area contributed by atoms with E-state index in [1.54, 1.807) is 6.92 Å². The molecular weight excluding hydrogens is 416 g/mol. The Bertz CT molecular complexity index is 949. The molecule has 0 radical (unpaired) electrons. The summed E-state index contributed by atoms with van der Waals surface area (Å²) in [4.78, 5) is 29.1. The minimum Gasteiger partial charge on any atom is -0.461 e. The molecule has 33 heavy (non-hydrogen) atoms. The van der Waals surface area contributed by atoms with E-state index < -0.39 is 6.10 Å². The molecule has 0 unspecified atom stereocenters. The number of carbonyl (C=O) groups is 2. The predicted molar refractivity (Wildman–Crippen MR) is 127 cm³/mol. The molecule has 4 aliphatic rings.